The van der Waals surface area contributed by atoms with Gasteiger partial charge in [-0.1, -0.05) is 6.58 Å². The zero-order valence-electron chi connectivity index (χ0n) is 11.9. The van der Waals surface area contributed by atoms with Crippen molar-refractivity contribution in [2.45, 2.75) is 0 Å². The van der Waals surface area contributed by atoms with Crippen molar-refractivity contribution >= 4 is 17.8 Å². The van der Waals surface area contributed by atoms with Gasteiger partial charge in [0, 0.05) is 12.2 Å². The fourth-order valence-corrected chi connectivity index (χ4v) is 1.42. The predicted octanol–water partition coefficient (Wildman–Crippen LogP) is -1.90. The molecule has 0 bridgehead atoms. The van der Waals surface area contributed by atoms with Gasteiger partial charge in [0.05, 0.1) is 12.4 Å². The SMILES string of the molecule is C=C1NC=C(OC(=O)/C=C/C(=O)Oc2c[nH]c(=O)[nH]c2=O)C(=O)N1. The maximum absolute atomic E-state index is 11.5. The molecule has 4 N–H and O–H groups in total. The molecule has 0 saturated carbocycles. The first kappa shape index (κ1) is 16.5. The summed E-state index contributed by atoms with van der Waals surface area (Å²) in [4.78, 5) is 60.5. The Morgan fingerprint density at radius 3 is 2.38 bits per heavy atom. The monoisotopic (exact) mass is 334 g/mol. The molecule has 0 fully saturated rings. The van der Waals surface area contributed by atoms with Crippen LogP contribution in [0, 0.1) is 0 Å². The summed E-state index contributed by atoms with van der Waals surface area (Å²) in [5.74, 6) is -3.37. The molecule has 0 spiro atoms. The second-order valence-electron chi connectivity index (χ2n) is 4.20. The van der Waals surface area contributed by atoms with Gasteiger partial charge in [0.15, 0.2) is 0 Å². The normalized spacial score (nSPS) is 13.8. The minimum atomic E-state index is -1.07. The summed E-state index contributed by atoms with van der Waals surface area (Å²) in [5.41, 5.74) is -1.69. The van der Waals surface area contributed by atoms with Crippen LogP contribution < -0.4 is 26.6 Å². The quantitative estimate of drug-likeness (QED) is 0.367. The first-order valence-corrected chi connectivity index (χ1v) is 6.26. The highest BCUT2D eigenvalue weighted by Gasteiger charge is 2.18. The molecule has 2 rings (SSSR count). The number of carbonyl (C=O) groups excluding carboxylic acids is 3. The van der Waals surface area contributed by atoms with Crippen LogP contribution in [-0.2, 0) is 19.1 Å². The van der Waals surface area contributed by atoms with E-state index < -0.39 is 34.8 Å². The van der Waals surface area contributed by atoms with Crippen molar-refractivity contribution in [3.63, 3.8) is 0 Å². The zero-order chi connectivity index (χ0) is 17.7. The van der Waals surface area contributed by atoms with E-state index in [0.29, 0.717) is 12.2 Å². The van der Waals surface area contributed by atoms with Gasteiger partial charge in [0.25, 0.3) is 11.5 Å². The van der Waals surface area contributed by atoms with Crippen LogP contribution in [0.4, 0.5) is 0 Å². The Kier molecular flexibility index (Phi) is 4.75. The van der Waals surface area contributed by atoms with Crippen molar-refractivity contribution in [1.82, 2.24) is 20.6 Å². The number of nitrogens with one attached hydrogen (secondary N) is 4. The van der Waals surface area contributed by atoms with E-state index in [-0.39, 0.29) is 11.6 Å². The molecule has 11 nitrogen and oxygen atoms in total. The summed E-state index contributed by atoms with van der Waals surface area (Å²) in [7, 11) is 0. The Morgan fingerprint density at radius 2 is 1.75 bits per heavy atom. The molecule has 1 amide bonds. The fourth-order valence-electron chi connectivity index (χ4n) is 1.42. The summed E-state index contributed by atoms with van der Waals surface area (Å²) in [6, 6.07) is 0. The molecule has 24 heavy (non-hydrogen) atoms. The van der Waals surface area contributed by atoms with E-state index in [2.05, 4.69) is 31.7 Å². The minimum absolute atomic E-state index is 0.213. The van der Waals surface area contributed by atoms with Gasteiger partial charge in [-0.05, 0) is 0 Å². The Bertz CT molecular complexity index is 890. The Labute approximate surface area is 132 Å². The van der Waals surface area contributed by atoms with Crippen molar-refractivity contribution in [2.75, 3.05) is 0 Å². The largest absolute Gasteiger partial charge is 0.416 e. The number of carbonyl (C=O) groups is 3. The van der Waals surface area contributed by atoms with E-state index in [1.807, 2.05) is 4.98 Å². The van der Waals surface area contributed by atoms with E-state index >= 15 is 0 Å². The van der Waals surface area contributed by atoms with Crippen LogP contribution >= 0.6 is 0 Å². The van der Waals surface area contributed by atoms with Crippen LogP contribution in [0.25, 0.3) is 0 Å². The molecule has 11 heteroatoms. The van der Waals surface area contributed by atoms with E-state index in [1.54, 1.807) is 0 Å². The number of aromatic amines is 2. The topological polar surface area (TPSA) is 159 Å². The lowest BCUT2D eigenvalue weighted by molar-refractivity contribution is -0.138. The summed E-state index contributed by atoms with van der Waals surface area (Å²) < 4.78 is 9.30. The summed E-state index contributed by atoms with van der Waals surface area (Å²) in [6.07, 6.45) is 3.38. The minimum Gasteiger partial charge on any atom is -0.416 e. The molecule has 124 valence electrons. The number of esters is 2. The number of H-pyrrole nitrogens is 2. The third-order valence-electron chi connectivity index (χ3n) is 2.43. The highest BCUT2D eigenvalue weighted by molar-refractivity contribution is 5.98. The van der Waals surface area contributed by atoms with Gasteiger partial charge < -0.3 is 25.1 Å². The third kappa shape index (κ3) is 4.30. The lowest BCUT2D eigenvalue weighted by atomic mass is 10.4. The molecule has 1 aliphatic rings. The molecule has 0 unspecified atom stereocenters. The molecular weight excluding hydrogens is 324 g/mol. The fraction of sp³-hybridized carbons (Fsp3) is 0. The van der Waals surface area contributed by atoms with Gasteiger partial charge in [-0.3, -0.25) is 14.6 Å². The highest BCUT2D eigenvalue weighted by atomic mass is 16.5. The van der Waals surface area contributed by atoms with Gasteiger partial charge in [-0.2, -0.15) is 0 Å². The van der Waals surface area contributed by atoms with Gasteiger partial charge in [0.1, 0.15) is 5.82 Å². The van der Waals surface area contributed by atoms with Gasteiger partial charge in [-0.25, -0.2) is 14.4 Å². The maximum Gasteiger partial charge on any atom is 0.336 e. The molecule has 1 aliphatic heterocycles. The van der Waals surface area contributed by atoms with Crippen molar-refractivity contribution in [3.05, 3.63) is 63.5 Å². The number of amides is 1. The van der Waals surface area contributed by atoms with Crippen LogP contribution in [0.1, 0.15) is 0 Å². The number of rotatable bonds is 4. The molecule has 2 heterocycles. The van der Waals surface area contributed by atoms with Crippen molar-refractivity contribution in [2.24, 2.45) is 0 Å². The lowest BCUT2D eigenvalue weighted by Gasteiger charge is -2.15. The van der Waals surface area contributed by atoms with Crippen molar-refractivity contribution in [3.8, 4) is 5.75 Å². The van der Waals surface area contributed by atoms with Gasteiger partial charge in [0.2, 0.25) is 11.5 Å². The van der Waals surface area contributed by atoms with Crippen LogP contribution in [0.5, 0.6) is 5.75 Å². The van der Waals surface area contributed by atoms with Crippen LogP contribution in [-0.4, -0.2) is 27.8 Å². The van der Waals surface area contributed by atoms with E-state index in [0.717, 1.165) is 12.4 Å². The van der Waals surface area contributed by atoms with Crippen LogP contribution in [0.3, 0.4) is 0 Å². The van der Waals surface area contributed by atoms with Crippen LogP contribution in [0.2, 0.25) is 0 Å². The maximum atomic E-state index is 11.5. The first-order valence-electron chi connectivity index (χ1n) is 6.26. The molecular formula is C13H10N4O7. The number of ether oxygens (including phenoxy) is 2. The summed E-state index contributed by atoms with van der Waals surface area (Å²) in [6.45, 7) is 3.44. The molecule has 0 aliphatic carbocycles. The van der Waals surface area contributed by atoms with Gasteiger partial charge >= 0.3 is 17.6 Å². The average Bonchev–Trinajstić information content (AvgIpc) is 2.51. The molecule has 1 aromatic heterocycles. The Hall–Kier alpha value is -3.89. The van der Waals surface area contributed by atoms with Crippen molar-refractivity contribution < 1.29 is 23.9 Å². The lowest BCUT2D eigenvalue weighted by Crippen LogP contribution is -2.36. The summed E-state index contributed by atoms with van der Waals surface area (Å²) in [5, 5.41) is 4.80. The van der Waals surface area contributed by atoms with Crippen molar-refractivity contribution in [1.29, 1.82) is 0 Å². The molecule has 0 atom stereocenters. The molecule has 0 aromatic carbocycles. The second-order valence-corrected chi connectivity index (χ2v) is 4.20. The highest BCUT2D eigenvalue weighted by Crippen LogP contribution is 2.04. The number of aromatic nitrogens is 2. The third-order valence-corrected chi connectivity index (χ3v) is 2.43. The Balaban J connectivity index is 1.95. The average molecular weight is 334 g/mol. The number of hydrogen-bond acceptors (Lipinski definition) is 8. The summed E-state index contributed by atoms with van der Waals surface area (Å²) >= 11 is 0. The van der Waals surface area contributed by atoms with Crippen LogP contribution in [0.15, 0.2) is 52.3 Å². The molecule has 0 radical (unpaired) electrons. The molecule has 1 aromatic rings. The first-order chi connectivity index (χ1) is 11.3. The predicted molar refractivity (Wildman–Crippen MR) is 77.1 cm³/mol. The second kappa shape index (κ2) is 6.91. The van der Waals surface area contributed by atoms with E-state index in [4.69, 9.17) is 0 Å². The standard InChI is InChI=1S/C13H10N4O7/c1-6-14-4-7(11(20)16-6)23-9(18)2-3-10(19)24-8-5-15-13(22)17-12(8)21/h2-5,14H,1H2,(H,16,20)(H2,15,17,21,22)/b3-2+. The van der Waals surface area contributed by atoms with E-state index in [9.17, 15) is 24.0 Å². The smallest absolute Gasteiger partial charge is 0.336 e. The number of hydrogen-bond donors (Lipinski definition) is 4. The Morgan fingerprint density at radius 1 is 1.08 bits per heavy atom. The van der Waals surface area contributed by atoms with Gasteiger partial charge in [-0.15, -0.1) is 0 Å². The molecule has 0 saturated heterocycles. The zero-order valence-corrected chi connectivity index (χ0v) is 11.9. The van der Waals surface area contributed by atoms with E-state index in [1.165, 1.54) is 0 Å².